The third-order valence-electron chi connectivity index (χ3n) is 3.76. The highest BCUT2D eigenvalue weighted by atomic mass is 16.6. The second-order valence-corrected chi connectivity index (χ2v) is 7.55. The fraction of sp³-hybridized carbons (Fsp3) is 0.667. The Morgan fingerprint density at radius 3 is 2.87 bits per heavy atom. The van der Waals surface area contributed by atoms with E-state index in [0.717, 1.165) is 37.3 Å². The quantitative estimate of drug-likeness (QED) is 0.902. The highest BCUT2D eigenvalue weighted by Crippen LogP contribution is 2.36. The maximum atomic E-state index is 12.5. The molecule has 0 aliphatic carbocycles. The summed E-state index contributed by atoms with van der Waals surface area (Å²) in [6, 6.07) is 4.03. The SMILES string of the molecule is CC(C)CNc1ncccc1C1CCCN1C(=O)OC(C)(C)C. The van der Waals surface area contributed by atoms with Gasteiger partial charge in [0, 0.05) is 24.8 Å². The molecule has 1 saturated heterocycles. The lowest BCUT2D eigenvalue weighted by atomic mass is 10.1. The lowest BCUT2D eigenvalue weighted by molar-refractivity contribution is 0.0225. The van der Waals surface area contributed by atoms with Crippen molar-refractivity contribution in [2.45, 2.75) is 59.1 Å². The highest BCUT2D eigenvalue weighted by Gasteiger charge is 2.34. The lowest BCUT2D eigenvalue weighted by Crippen LogP contribution is -2.36. The van der Waals surface area contributed by atoms with E-state index in [9.17, 15) is 4.79 Å². The van der Waals surface area contributed by atoms with E-state index >= 15 is 0 Å². The van der Waals surface area contributed by atoms with Crippen LogP contribution in [0, 0.1) is 5.92 Å². The van der Waals surface area contributed by atoms with Crippen LogP contribution in [0.3, 0.4) is 0 Å². The third kappa shape index (κ3) is 4.85. The number of carbonyl (C=O) groups is 1. The summed E-state index contributed by atoms with van der Waals surface area (Å²) >= 11 is 0. The Balaban J connectivity index is 2.18. The molecule has 128 valence electrons. The van der Waals surface area contributed by atoms with Crippen LogP contribution in [0.4, 0.5) is 10.6 Å². The van der Waals surface area contributed by atoms with Crippen molar-refractivity contribution in [2.75, 3.05) is 18.4 Å². The van der Waals surface area contributed by atoms with Gasteiger partial charge in [-0.05, 0) is 45.6 Å². The van der Waals surface area contributed by atoms with Crippen LogP contribution in [0.1, 0.15) is 59.1 Å². The van der Waals surface area contributed by atoms with Crippen molar-refractivity contribution in [3.8, 4) is 0 Å². The van der Waals surface area contributed by atoms with E-state index in [1.807, 2.05) is 31.7 Å². The molecule has 1 aromatic rings. The van der Waals surface area contributed by atoms with Gasteiger partial charge in [-0.2, -0.15) is 0 Å². The summed E-state index contributed by atoms with van der Waals surface area (Å²) in [5.41, 5.74) is 0.606. The molecular weight excluding hydrogens is 290 g/mol. The average Bonchev–Trinajstić information content (AvgIpc) is 2.93. The fourth-order valence-electron chi connectivity index (χ4n) is 2.76. The Morgan fingerprint density at radius 2 is 2.22 bits per heavy atom. The summed E-state index contributed by atoms with van der Waals surface area (Å²) in [6.07, 6.45) is 3.49. The van der Waals surface area contributed by atoms with Crippen molar-refractivity contribution in [1.82, 2.24) is 9.88 Å². The molecule has 1 aliphatic rings. The molecule has 5 heteroatoms. The number of hydrogen-bond donors (Lipinski definition) is 1. The van der Waals surface area contributed by atoms with Gasteiger partial charge in [-0.25, -0.2) is 9.78 Å². The largest absolute Gasteiger partial charge is 0.444 e. The molecule has 1 fully saturated rings. The first kappa shape index (κ1) is 17.6. The van der Waals surface area contributed by atoms with Gasteiger partial charge in [-0.15, -0.1) is 0 Å². The normalized spacial score (nSPS) is 18.3. The number of ether oxygens (including phenoxy) is 1. The zero-order chi connectivity index (χ0) is 17.0. The number of aromatic nitrogens is 1. The zero-order valence-corrected chi connectivity index (χ0v) is 14.9. The molecule has 2 rings (SSSR count). The number of rotatable bonds is 4. The summed E-state index contributed by atoms with van der Waals surface area (Å²) in [7, 11) is 0. The predicted molar refractivity (Wildman–Crippen MR) is 92.5 cm³/mol. The second kappa shape index (κ2) is 7.20. The Labute approximate surface area is 139 Å². The van der Waals surface area contributed by atoms with Crippen LogP contribution in [-0.4, -0.2) is 34.7 Å². The Morgan fingerprint density at radius 1 is 1.48 bits per heavy atom. The first-order chi connectivity index (χ1) is 10.8. The first-order valence-corrected chi connectivity index (χ1v) is 8.46. The highest BCUT2D eigenvalue weighted by molar-refractivity contribution is 5.70. The van der Waals surface area contributed by atoms with Gasteiger partial charge in [0.1, 0.15) is 11.4 Å². The molecular formula is C18H29N3O2. The topological polar surface area (TPSA) is 54.5 Å². The maximum Gasteiger partial charge on any atom is 0.410 e. The average molecular weight is 319 g/mol. The van der Waals surface area contributed by atoms with Crippen LogP contribution in [-0.2, 0) is 4.74 Å². The molecule has 0 spiro atoms. The molecule has 0 aromatic carbocycles. The van der Waals surface area contributed by atoms with E-state index in [-0.39, 0.29) is 12.1 Å². The zero-order valence-electron chi connectivity index (χ0n) is 14.9. The monoisotopic (exact) mass is 319 g/mol. The molecule has 5 nitrogen and oxygen atoms in total. The van der Waals surface area contributed by atoms with Gasteiger partial charge < -0.3 is 15.0 Å². The molecule has 1 N–H and O–H groups in total. The van der Waals surface area contributed by atoms with Gasteiger partial charge in [0.15, 0.2) is 0 Å². The van der Waals surface area contributed by atoms with Crippen LogP contribution >= 0.6 is 0 Å². The molecule has 0 radical (unpaired) electrons. The minimum atomic E-state index is -0.474. The van der Waals surface area contributed by atoms with Gasteiger partial charge in [0.05, 0.1) is 6.04 Å². The molecule has 2 heterocycles. The van der Waals surface area contributed by atoms with E-state index in [0.29, 0.717) is 5.92 Å². The van der Waals surface area contributed by atoms with Gasteiger partial charge in [0.25, 0.3) is 0 Å². The first-order valence-electron chi connectivity index (χ1n) is 8.46. The Hall–Kier alpha value is -1.78. The predicted octanol–water partition coefficient (Wildman–Crippen LogP) is 4.22. The standard InChI is InChI=1S/C18H29N3O2/c1-13(2)12-20-16-14(8-6-10-19-16)15-9-7-11-21(15)17(22)23-18(3,4)5/h6,8,10,13,15H,7,9,11-12H2,1-5H3,(H,19,20). The fourth-order valence-corrected chi connectivity index (χ4v) is 2.76. The van der Waals surface area contributed by atoms with Crippen LogP contribution in [0.2, 0.25) is 0 Å². The summed E-state index contributed by atoms with van der Waals surface area (Å²) in [5, 5.41) is 3.41. The number of nitrogens with one attached hydrogen (secondary N) is 1. The van der Waals surface area contributed by atoms with E-state index in [1.165, 1.54) is 0 Å². The number of anilines is 1. The van der Waals surface area contributed by atoms with Crippen molar-refractivity contribution in [2.24, 2.45) is 5.92 Å². The third-order valence-corrected chi connectivity index (χ3v) is 3.76. The molecule has 23 heavy (non-hydrogen) atoms. The van der Waals surface area contributed by atoms with Gasteiger partial charge >= 0.3 is 6.09 Å². The van der Waals surface area contributed by atoms with Crippen LogP contribution in [0.15, 0.2) is 18.3 Å². The summed E-state index contributed by atoms with van der Waals surface area (Å²) in [5.74, 6) is 1.41. The van der Waals surface area contributed by atoms with Gasteiger partial charge in [-0.1, -0.05) is 19.9 Å². The van der Waals surface area contributed by atoms with E-state index in [1.54, 1.807) is 6.20 Å². The Bertz CT molecular complexity index is 537. The van der Waals surface area contributed by atoms with Gasteiger partial charge in [0.2, 0.25) is 0 Å². The minimum absolute atomic E-state index is 0.0354. The number of amides is 1. The van der Waals surface area contributed by atoms with Crippen molar-refractivity contribution >= 4 is 11.9 Å². The van der Waals surface area contributed by atoms with E-state index < -0.39 is 5.60 Å². The number of nitrogens with zero attached hydrogens (tertiary/aromatic N) is 2. The lowest BCUT2D eigenvalue weighted by Gasteiger charge is -2.29. The number of likely N-dealkylation sites (tertiary alicyclic amines) is 1. The second-order valence-electron chi connectivity index (χ2n) is 7.55. The molecule has 1 unspecified atom stereocenters. The molecule has 1 atom stereocenters. The summed E-state index contributed by atoms with van der Waals surface area (Å²) in [6.45, 7) is 11.6. The van der Waals surface area contributed by atoms with Gasteiger partial charge in [-0.3, -0.25) is 0 Å². The van der Waals surface area contributed by atoms with Crippen molar-refractivity contribution in [3.63, 3.8) is 0 Å². The van der Waals surface area contributed by atoms with Crippen molar-refractivity contribution in [1.29, 1.82) is 0 Å². The molecule has 1 amide bonds. The van der Waals surface area contributed by atoms with Crippen molar-refractivity contribution < 1.29 is 9.53 Å². The van der Waals surface area contributed by atoms with E-state index in [2.05, 4.69) is 30.2 Å². The number of pyridine rings is 1. The molecule has 1 aromatic heterocycles. The molecule has 1 aliphatic heterocycles. The minimum Gasteiger partial charge on any atom is -0.444 e. The Kier molecular flexibility index (Phi) is 5.50. The van der Waals surface area contributed by atoms with Crippen LogP contribution < -0.4 is 5.32 Å². The summed E-state index contributed by atoms with van der Waals surface area (Å²) < 4.78 is 5.56. The molecule has 0 saturated carbocycles. The van der Waals surface area contributed by atoms with Crippen molar-refractivity contribution in [3.05, 3.63) is 23.9 Å². The number of carbonyl (C=O) groups excluding carboxylic acids is 1. The summed E-state index contributed by atoms with van der Waals surface area (Å²) in [4.78, 5) is 18.8. The van der Waals surface area contributed by atoms with Crippen LogP contribution in [0.5, 0.6) is 0 Å². The maximum absolute atomic E-state index is 12.5. The number of hydrogen-bond acceptors (Lipinski definition) is 4. The van der Waals surface area contributed by atoms with E-state index in [4.69, 9.17) is 4.74 Å². The molecule has 0 bridgehead atoms. The smallest absolute Gasteiger partial charge is 0.410 e. The van der Waals surface area contributed by atoms with Crippen LogP contribution in [0.25, 0.3) is 0 Å².